The fourth-order valence-electron chi connectivity index (χ4n) is 3.66. The van der Waals surface area contributed by atoms with Gasteiger partial charge < -0.3 is 10.6 Å². The van der Waals surface area contributed by atoms with Gasteiger partial charge in [0, 0.05) is 18.5 Å². The van der Waals surface area contributed by atoms with E-state index < -0.39 is 11.7 Å². The highest BCUT2D eigenvalue weighted by Gasteiger charge is 2.34. The number of rotatable bonds is 4. The van der Waals surface area contributed by atoms with Crippen LogP contribution >= 0.6 is 11.6 Å². The Bertz CT molecular complexity index is 964. The molecule has 2 aromatic rings. The summed E-state index contributed by atoms with van der Waals surface area (Å²) in [5.74, 6) is -1.16. The zero-order valence-corrected chi connectivity index (χ0v) is 17.9. The Morgan fingerprint density at radius 2 is 2.03 bits per heavy atom. The van der Waals surface area contributed by atoms with Crippen molar-refractivity contribution in [2.75, 3.05) is 6.54 Å². The summed E-state index contributed by atoms with van der Waals surface area (Å²) >= 11 is 5.93. The maximum Gasteiger partial charge on any atom is 0.252 e. The van der Waals surface area contributed by atoms with Crippen LogP contribution in [-0.4, -0.2) is 33.0 Å². The van der Waals surface area contributed by atoms with Gasteiger partial charge in [-0.2, -0.15) is 5.10 Å². The van der Waals surface area contributed by atoms with Crippen molar-refractivity contribution >= 4 is 23.4 Å². The number of carbonyl (C=O) groups is 2. The number of primary amides is 1. The van der Waals surface area contributed by atoms with Gasteiger partial charge in [0.1, 0.15) is 11.5 Å². The van der Waals surface area contributed by atoms with Crippen molar-refractivity contribution in [2.24, 2.45) is 11.1 Å². The second-order valence-electron chi connectivity index (χ2n) is 8.68. The van der Waals surface area contributed by atoms with Gasteiger partial charge in [-0.15, -0.1) is 0 Å². The maximum absolute atomic E-state index is 13.6. The molecule has 0 aliphatic carbocycles. The van der Waals surface area contributed by atoms with Gasteiger partial charge in [0.25, 0.3) is 5.91 Å². The normalized spacial score (nSPS) is 16.6. The lowest BCUT2D eigenvalue weighted by atomic mass is 9.91. The second kappa shape index (κ2) is 7.78. The molecule has 8 heteroatoms. The third-order valence-corrected chi connectivity index (χ3v) is 5.36. The van der Waals surface area contributed by atoms with E-state index >= 15 is 0 Å². The minimum absolute atomic E-state index is 0.0326. The Balaban J connectivity index is 2.08. The third-order valence-electron chi connectivity index (χ3n) is 5.07. The molecule has 1 aromatic heterocycles. The first-order valence-electron chi connectivity index (χ1n) is 9.66. The van der Waals surface area contributed by atoms with Gasteiger partial charge >= 0.3 is 0 Å². The van der Waals surface area contributed by atoms with Crippen LogP contribution in [0.15, 0.2) is 18.2 Å². The standard InChI is InChI=1S/C21H26ClFN4O2/c1-5-13-10-26(17(28)9-21(2,3)4)11-16-18(20(24)29)19(25-27(13)16)12-6-7-15(23)14(22)8-12/h6-8,13H,5,9-11H2,1-4H3,(H2,24,29). The monoisotopic (exact) mass is 420 g/mol. The van der Waals surface area contributed by atoms with E-state index in [1.165, 1.54) is 18.2 Å². The molecule has 2 heterocycles. The van der Waals surface area contributed by atoms with Crippen LogP contribution in [0.1, 0.15) is 62.6 Å². The van der Waals surface area contributed by atoms with E-state index in [1.807, 2.05) is 27.7 Å². The Morgan fingerprint density at radius 3 is 2.59 bits per heavy atom. The van der Waals surface area contributed by atoms with Crippen molar-refractivity contribution in [2.45, 2.75) is 53.1 Å². The number of amides is 2. The van der Waals surface area contributed by atoms with Crippen molar-refractivity contribution < 1.29 is 14.0 Å². The predicted molar refractivity (Wildman–Crippen MR) is 110 cm³/mol. The highest BCUT2D eigenvalue weighted by Crippen LogP contribution is 2.34. The van der Waals surface area contributed by atoms with Gasteiger partial charge in [0.05, 0.1) is 28.9 Å². The zero-order valence-electron chi connectivity index (χ0n) is 17.1. The summed E-state index contributed by atoms with van der Waals surface area (Å²) in [6.07, 6.45) is 1.14. The lowest BCUT2D eigenvalue weighted by Gasteiger charge is -2.35. The van der Waals surface area contributed by atoms with E-state index in [1.54, 1.807) is 9.58 Å². The number of hydrogen-bond donors (Lipinski definition) is 1. The van der Waals surface area contributed by atoms with Crippen molar-refractivity contribution in [1.82, 2.24) is 14.7 Å². The number of aromatic nitrogens is 2. The summed E-state index contributed by atoms with van der Waals surface area (Å²) in [7, 11) is 0. The molecule has 0 saturated carbocycles. The molecular formula is C21H26ClFN4O2. The number of hydrogen-bond acceptors (Lipinski definition) is 3. The van der Waals surface area contributed by atoms with E-state index in [-0.39, 0.29) is 34.5 Å². The largest absolute Gasteiger partial charge is 0.365 e. The number of nitrogens with two attached hydrogens (primary N) is 1. The van der Waals surface area contributed by atoms with Crippen molar-refractivity contribution in [1.29, 1.82) is 0 Å². The quantitative estimate of drug-likeness (QED) is 0.805. The van der Waals surface area contributed by atoms with Crippen LogP contribution in [0, 0.1) is 11.2 Å². The molecule has 1 aliphatic rings. The van der Waals surface area contributed by atoms with E-state index in [2.05, 4.69) is 5.10 Å². The minimum atomic E-state index is -0.637. The van der Waals surface area contributed by atoms with E-state index in [9.17, 15) is 14.0 Å². The Labute approximate surface area is 174 Å². The Morgan fingerprint density at radius 1 is 1.34 bits per heavy atom. The summed E-state index contributed by atoms with van der Waals surface area (Å²) in [5, 5.41) is 4.57. The molecule has 0 fully saturated rings. The highest BCUT2D eigenvalue weighted by molar-refractivity contribution is 6.31. The molecule has 0 spiro atoms. The highest BCUT2D eigenvalue weighted by atomic mass is 35.5. The molecule has 1 atom stereocenters. The Hall–Kier alpha value is -2.41. The smallest absolute Gasteiger partial charge is 0.252 e. The maximum atomic E-state index is 13.6. The first-order valence-corrected chi connectivity index (χ1v) is 10.0. The molecular weight excluding hydrogens is 395 g/mol. The fraction of sp³-hybridized carbons (Fsp3) is 0.476. The average molecular weight is 421 g/mol. The van der Waals surface area contributed by atoms with Crippen LogP contribution in [0.25, 0.3) is 11.3 Å². The van der Waals surface area contributed by atoms with Crippen LogP contribution < -0.4 is 5.73 Å². The molecule has 3 rings (SSSR count). The average Bonchev–Trinajstić information content (AvgIpc) is 3.01. The molecule has 6 nitrogen and oxygen atoms in total. The molecule has 29 heavy (non-hydrogen) atoms. The van der Waals surface area contributed by atoms with E-state index in [0.29, 0.717) is 29.9 Å². The van der Waals surface area contributed by atoms with Gasteiger partial charge in [-0.05, 0) is 30.0 Å². The number of nitrogens with zero attached hydrogens (tertiary/aromatic N) is 3. The van der Waals surface area contributed by atoms with E-state index in [4.69, 9.17) is 17.3 Å². The first kappa shape index (κ1) is 21.3. The van der Waals surface area contributed by atoms with Crippen LogP contribution in [0.5, 0.6) is 0 Å². The molecule has 0 saturated heterocycles. The van der Waals surface area contributed by atoms with Crippen molar-refractivity contribution in [3.8, 4) is 11.3 Å². The topological polar surface area (TPSA) is 81.2 Å². The van der Waals surface area contributed by atoms with Crippen LogP contribution in [-0.2, 0) is 11.3 Å². The molecule has 1 aliphatic heterocycles. The van der Waals surface area contributed by atoms with E-state index in [0.717, 1.165) is 6.42 Å². The fourth-order valence-corrected chi connectivity index (χ4v) is 3.84. The molecule has 156 valence electrons. The van der Waals surface area contributed by atoms with Crippen LogP contribution in [0.2, 0.25) is 5.02 Å². The lowest BCUT2D eigenvalue weighted by Crippen LogP contribution is -2.42. The van der Waals surface area contributed by atoms with Gasteiger partial charge in [-0.25, -0.2) is 4.39 Å². The molecule has 0 radical (unpaired) electrons. The zero-order chi connectivity index (χ0) is 21.5. The summed E-state index contributed by atoms with van der Waals surface area (Å²) in [6, 6.07) is 4.11. The van der Waals surface area contributed by atoms with Gasteiger partial charge in [-0.3, -0.25) is 14.3 Å². The Kier molecular flexibility index (Phi) is 5.72. The number of benzene rings is 1. The summed E-state index contributed by atoms with van der Waals surface area (Å²) in [4.78, 5) is 27.0. The predicted octanol–water partition coefficient (Wildman–Crippen LogP) is 4.17. The van der Waals surface area contributed by atoms with Crippen LogP contribution in [0.3, 0.4) is 0 Å². The van der Waals surface area contributed by atoms with Crippen molar-refractivity contribution in [3.63, 3.8) is 0 Å². The number of fused-ring (bicyclic) bond motifs is 1. The number of carbonyl (C=O) groups excluding carboxylic acids is 2. The first-order chi connectivity index (χ1) is 13.5. The summed E-state index contributed by atoms with van der Waals surface area (Å²) in [6.45, 7) is 8.82. The molecule has 1 unspecified atom stereocenters. The summed E-state index contributed by atoms with van der Waals surface area (Å²) in [5.41, 5.74) is 7.28. The van der Waals surface area contributed by atoms with Gasteiger partial charge in [-0.1, -0.05) is 39.3 Å². The summed E-state index contributed by atoms with van der Waals surface area (Å²) < 4.78 is 15.4. The number of halogens is 2. The second-order valence-corrected chi connectivity index (χ2v) is 9.09. The molecule has 0 bridgehead atoms. The van der Waals surface area contributed by atoms with Crippen molar-refractivity contribution in [3.05, 3.63) is 40.3 Å². The lowest BCUT2D eigenvalue weighted by molar-refractivity contribution is -0.135. The van der Waals surface area contributed by atoms with Crippen LogP contribution in [0.4, 0.5) is 4.39 Å². The van der Waals surface area contributed by atoms with Gasteiger partial charge in [0.15, 0.2) is 0 Å². The van der Waals surface area contributed by atoms with Gasteiger partial charge in [0.2, 0.25) is 5.91 Å². The molecule has 2 N–H and O–H groups in total. The SMILES string of the molecule is CCC1CN(C(=O)CC(C)(C)C)Cc2c(C(N)=O)c(-c3ccc(F)c(Cl)c3)nn21. The minimum Gasteiger partial charge on any atom is -0.365 e. The molecule has 1 aromatic carbocycles. The third kappa shape index (κ3) is 4.29. The molecule has 2 amide bonds.